The molecule has 0 aromatic rings. The molecule has 18 heavy (non-hydrogen) atoms. The molecule has 1 saturated carbocycles. The van der Waals surface area contributed by atoms with Crippen LogP contribution in [-0.2, 0) is 0 Å². The van der Waals surface area contributed by atoms with Crippen LogP contribution >= 0.6 is 11.8 Å². The lowest BCUT2D eigenvalue weighted by atomic mass is 9.82. The lowest BCUT2D eigenvalue weighted by Gasteiger charge is -2.44. The van der Waals surface area contributed by atoms with Gasteiger partial charge < -0.3 is 5.73 Å². The number of hydrogen-bond donors (Lipinski definition) is 1. The summed E-state index contributed by atoms with van der Waals surface area (Å²) < 4.78 is 0. The highest BCUT2D eigenvalue weighted by Crippen LogP contribution is 2.41. The molecule has 2 fully saturated rings. The van der Waals surface area contributed by atoms with Crippen molar-refractivity contribution >= 4 is 11.8 Å². The van der Waals surface area contributed by atoms with Gasteiger partial charge in [0, 0.05) is 23.9 Å². The predicted octanol–water partition coefficient (Wildman–Crippen LogP) is 3.11. The van der Waals surface area contributed by atoms with Crippen molar-refractivity contribution in [3.63, 3.8) is 0 Å². The van der Waals surface area contributed by atoms with Gasteiger partial charge in [-0.05, 0) is 50.3 Å². The molecule has 1 heterocycles. The van der Waals surface area contributed by atoms with Gasteiger partial charge in [0.25, 0.3) is 0 Å². The van der Waals surface area contributed by atoms with E-state index in [0.29, 0.717) is 5.41 Å². The predicted molar refractivity (Wildman–Crippen MR) is 82.1 cm³/mol. The summed E-state index contributed by atoms with van der Waals surface area (Å²) >= 11 is 2.11. The average molecular weight is 270 g/mol. The molecule has 106 valence electrons. The molecule has 0 aromatic carbocycles. The summed E-state index contributed by atoms with van der Waals surface area (Å²) in [5.41, 5.74) is 7.01. The average Bonchev–Trinajstić information content (AvgIpc) is 2.81. The largest absolute Gasteiger partial charge is 0.329 e. The topological polar surface area (TPSA) is 29.3 Å². The van der Waals surface area contributed by atoms with Crippen molar-refractivity contribution in [3.8, 4) is 0 Å². The van der Waals surface area contributed by atoms with Crippen molar-refractivity contribution in [2.24, 2.45) is 11.1 Å². The minimum absolute atomic E-state index is 0.281. The Hall–Kier alpha value is 0.270. The van der Waals surface area contributed by atoms with Crippen LogP contribution in [0.2, 0.25) is 0 Å². The summed E-state index contributed by atoms with van der Waals surface area (Å²) in [6, 6.07) is 0.764. The summed E-state index contributed by atoms with van der Waals surface area (Å²) in [5.74, 6) is 2.64. The van der Waals surface area contributed by atoms with Crippen molar-refractivity contribution in [2.75, 3.05) is 25.1 Å². The van der Waals surface area contributed by atoms with Crippen molar-refractivity contribution in [2.45, 2.75) is 64.0 Å². The highest BCUT2D eigenvalue weighted by Gasteiger charge is 2.40. The van der Waals surface area contributed by atoms with Crippen LogP contribution in [0.1, 0.15) is 52.4 Å². The molecule has 2 unspecified atom stereocenters. The maximum Gasteiger partial charge on any atom is 0.0332 e. The first-order valence-electron chi connectivity index (χ1n) is 7.50. The van der Waals surface area contributed by atoms with Crippen molar-refractivity contribution < 1.29 is 0 Å². The Morgan fingerprint density at radius 1 is 1.22 bits per heavy atom. The maximum atomic E-state index is 6.22. The van der Waals surface area contributed by atoms with E-state index in [9.17, 15) is 0 Å². The van der Waals surface area contributed by atoms with Crippen LogP contribution in [0.15, 0.2) is 0 Å². The Kier molecular flexibility index (Phi) is 4.66. The van der Waals surface area contributed by atoms with Gasteiger partial charge in [-0.25, -0.2) is 0 Å². The van der Waals surface area contributed by atoms with Gasteiger partial charge >= 0.3 is 0 Å². The first-order valence-corrected chi connectivity index (χ1v) is 8.65. The van der Waals surface area contributed by atoms with Gasteiger partial charge in [0.15, 0.2) is 0 Å². The Bertz CT molecular complexity index is 274. The summed E-state index contributed by atoms with van der Waals surface area (Å²) in [6.45, 7) is 5.68. The fourth-order valence-electron chi connectivity index (χ4n) is 3.63. The van der Waals surface area contributed by atoms with Crippen molar-refractivity contribution in [3.05, 3.63) is 0 Å². The number of rotatable bonds is 3. The second kappa shape index (κ2) is 5.72. The number of likely N-dealkylation sites (N-methyl/N-ethyl adjacent to an activating group) is 1. The first kappa shape index (κ1) is 14.7. The molecule has 2 atom stereocenters. The molecule has 0 spiro atoms. The monoisotopic (exact) mass is 270 g/mol. The summed E-state index contributed by atoms with van der Waals surface area (Å²) in [5, 5.41) is 0. The van der Waals surface area contributed by atoms with Crippen LogP contribution in [0.4, 0.5) is 0 Å². The molecule has 1 aliphatic carbocycles. The van der Waals surface area contributed by atoms with Gasteiger partial charge in [0.05, 0.1) is 0 Å². The van der Waals surface area contributed by atoms with E-state index in [1.165, 1.54) is 50.0 Å². The molecule has 0 radical (unpaired) electrons. The number of thioether (sulfide) groups is 1. The van der Waals surface area contributed by atoms with E-state index in [1.54, 1.807) is 0 Å². The van der Waals surface area contributed by atoms with E-state index in [1.807, 2.05) is 0 Å². The van der Waals surface area contributed by atoms with Crippen LogP contribution in [0.25, 0.3) is 0 Å². The van der Waals surface area contributed by atoms with E-state index in [2.05, 4.69) is 37.6 Å². The third-order valence-electron chi connectivity index (χ3n) is 5.34. The highest BCUT2D eigenvalue weighted by atomic mass is 32.2. The lowest BCUT2D eigenvalue weighted by molar-refractivity contribution is 0.0696. The fourth-order valence-corrected chi connectivity index (χ4v) is 4.90. The highest BCUT2D eigenvalue weighted by molar-refractivity contribution is 7.99. The van der Waals surface area contributed by atoms with Gasteiger partial charge in [-0.15, -0.1) is 0 Å². The zero-order valence-electron chi connectivity index (χ0n) is 12.4. The Labute approximate surface area is 117 Å². The quantitative estimate of drug-likeness (QED) is 0.799. The molecule has 3 heteroatoms. The normalized spacial score (nSPS) is 36.8. The van der Waals surface area contributed by atoms with Crippen molar-refractivity contribution in [1.82, 2.24) is 4.90 Å². The van der Waals surface area contributed by atoms with E-state index in [-0.39, 0.29) is 5.54 Å². The minimum atomic E-state index is 0.281. The van der Waals surface area contributed by atoms with Gasteiger partial charge in [0.1, 0.15) is 0 Å². The molecular weight excluding hydrogens is 240 g/mol. The molecule has 0 bridgehead atoms. The second-order valence-corrected chi connectivity index (χ2v) is 8.22. The van der Waals surface area contributed by atoms with Gasteiger partial charge in [0.2, 0.25) is 0 Å². The van der Waals surface area contributed by atoms with E-state index < -0.39 is 0 Å². The fraction of sp³-hybridized carbons (Fsp3) is 1.00. The van der Waals surface area contributed by atoms with E-state index in [4.69, 9.17) is 5.73 Å². The number of hydrogen-bond acceptors (Lipinski definition) is 3. The summed E-state index contributed by atoms with van der Waals surface area (Å²) in [7, 11) is 2.34. The third kappa shape index (κ3) is 3.05. The van der Waals surface area contributed by atoms with Crippen LogP contribution < -0.4 is 5.73 Å². The zero-order valence-corrected chi connectivity index (χ0v) is 13.2. The number of nitrogens with zero attached hydrogens (tertiary/aromatic N) is 1. The summed E-state index contributed by atoms with van der Waals surface area (Å²) in [6.07, 6.45) is 7.97. The van der Waals surface area contributed by atoms with E-state index >= 15 is 0 Å². The molecule has 2 aliphatic rings. The molecule has 1 aliphatic heterocycles. The Morgan fingerprint density at radius 2 is 2.00 bits per heavy atom. The molecular formula is C15H30N2S. The summed E-state index contributed by atoms with van der Waals surface area (Å²) in [4.78, 5) is 2.66. The SMILES string of the molecule is CN(C1CCSC1)C1(CN)CCCC(C)(C)CC1. The Morgan fingerprint density at radius 3 is 2.61 bits per heavy atom. The molecule has 0 aromatic heterocycles. The van der Waals surface area contributed by atoms with Crippen LogP contribution in [-0.4, -0.2) is 41.6 Å². The van der Waals surface area contributed by atoms with E-state index in [0.717, 1.165) is 12.6 Å². The smallest absolute Gasteiger partial charge is 0.0332 e. The minimum Gasteiger partial charge on any atom is -0.329 e. The van der Waals surface area contributed by atoms with Gasteiger partial charge in [-0.3, -0.25) is 4.90 Å². The van der Waals surface area contributed by atoms with Gasteiger partial charge in [-0.1, -0.05) is 20.3 Å². The van der Waals surface area contributed by atoms with Crippen molar-refractivity contribution in [1.29, 1.82) is 0 Å². The lowest BCUT2D eigenvalue weighted by Crippen LogP contribution is -2.56. The standard InChI is InChI=1S/C15H30N2S/c1-14(2)6-4-7-15(12-16,9-8-14)17(3)13-5-10-18-11-13/h13H,4-12,16H2,1-3H3. The third-order valence-corrected chi connectivity index (χ3v) is 6.49. The zero-order chi connectivity index (χ0) is 13.2. The van der Waals surface area contributed by atoms with Crippen LogP contribution in [0.5, 0.6) is 0 Å². The molecule has 1 saturated heterocycles. The van der Waals surface area contributed by atoms with Crippen LogP contribution in [0, 0.1) is 5.41 Å². The molecule has 0 amide bonds. The first-order chi connectivity index (χ1) is 8.49. The maximum absolute atomic E-state index is 6.22. The Balaban J connectivity index is 2.08. The van der Waals surface area contributed by atoms with Crippen LogP contribution in [0.3, 0.4) is 0 Å². The second-order valence-electron chi connectivity index (χ2n) is 7.07. The molecule has 2 N–H and O–H groups in total. The molecule has 2 rings (SSSR count). The molecule has 2 nitrogen and oxygen atoms in total. The van der Waals surface area contributed by atoms with Gasteiger partial charge in [-0.2, -0.15) is 11.8 Å². The number of nitrogens with two attached hydrogens (primary N) is 1.